The molecule has 0 radical (unpaired) electrons. The summed E-state index contributed by atoms with van der Waals surface area (Å²) in [5.41, 5.74) is 1.07. The Hall–Kier alpha value is -0.350. The van der Waals surface area contributed by atoms with Crippen LogP contribution in [0.15, 0.2) is 28.9 Å². The number of halogens is 2. The minimum absolute atomic E-state index is 1.07. The lowest BCUT2D eigenvalue weighted by Crippen LogP contribution is -1.78. The van der Waals surface area contributed by atoms with Gasteiger partial charge in [-0.25, -0.2) is 0 Å². The lowest BCUT2D eigenvalue weighted by molar-refractivity contribution is 1.06. The van der Waals surface area contributed by atoms with E-state index in [-0.39, 0.29) is 0 Å². The average molecular weight is 276 g/mol. The van der Waals surface area contributed by atoms with Gasteiger partial charge in [0.25, 0.3) is 0 Å². The van der Waals surface area contributed by atoms with Gasteiger partial charge < -0.3 is 0 Å². The van der Waals surface area contributed by atoms with Crippen LogP contribution in [0.2, 0.25) is 0 Å². The van der Waals surface area contributed by atoms with Crippen LogP contribution in [0.1, 0.15) is 0 Å². The zero-order valence-corrected chi connectivity index (χ0v) is 8.63. The Bertz CT molecular complexity index is 394. The summed E-state index contributed by atoms with van der Waals surface area (Å²) in [5.74, 6) is 0. The van der Waals surface area contributed by atoms with E-state index in [9.17, 15) is 0 Å². The van der Waals surface area contributed by atoms with Gasteiger partial charge in [-0.05, 0) is 12.1 Å². The predicted octanol–water partition coefficient (Wildman–Crippen LogP) is 2.96. The lowest BCUT2D eigenvalue weighted by atomic mass is 10.3. The van der Waals surface area contributed by atoms with Crippen LogP contribution >= 0.6 is 32.1 Å². The van der Waals surface area contributed by atoms with Crippen LogP contribution in [0.4, 0.5) is 0 Å². The van der Waals surface area contributed by atoms with Crippen molar-refractivity contribution in [1.29, 1.82) is 0 Å². The molecule has 0 spiro atoms. The summed E-state index contributed by atoms with van der Waals surface area (Å²) < 4.78 is 2.74. The van der Waals surface area contributed by atoms with E-state index in [0.717, 1.165) is 15.4 Å². The van der Waals surface area contributed by atoms with Crippen LogP contribution in [0.25, 0.3) is 10.9 Å². The molecule has 1 aromatic carbocycles. The van der Waals surface area contributed by atoms with E-state index >= 15 is 0 Å². The van der Waals surface area contributed by atoms with Crippen molar-refractivity contribution < 1.29 is 0 Å². The highest BCUT2D eigenvalue weighted by Gasteiger charge is 2.01. The molecule has 0 fully saturated rings. The van der Waals surface area contributed by atoms with Gasteiger partial charge in [0.05, 0.1) is 27.9 Å². The number of fused-ring (bicyclic) bond motifs is 1. The van der Waals surface area contributed by atoms with Gasteiger partial charge >= 0.3 is 0 Å². The average Bonchev–Trinajstić information content (AvgIpc) is 2.35. The molecule has 0 bridgehead atoms. The van der Waals surface area contributed by atoms with Gasteiger partial charge in [0.1, 0.15) is 0 Å². The van der Waals surface area contributed by atoms with E-state index in [1.165, 1.54) is 0 Å². The Balaban J connectivity index is 2.94. The summed E-state index contributed by atoms with van der Waals surface area (Å²) in [4.78, 5) is 0. The zero-order valence-electron chi connectivity index (χ0n) is 5.46. The molecule has 4 heteroatoms. The third-order valence-corrected chi connectivity index (χ3v) is 2.77. The van der Waals surface area contributed by atoms with E-state index in [0.29, 0.717) is 0 Å². The van der Waals surface area contributed by atoms with Gasteiger partial charge in [-0.2, -0.15) is 8.81 Å². The molecule has 11 heavy (non-hydrogen) atoms. The summed E-state index contributed by atoms with van der Waals surface area (Å²) in [6.07, 6.45) is 1.81. The van der Waals surface area contributed by atoms with E-state index in [1.54, 1.807) is 3.71 Å². The molecule has 0 amide bonds. The molecule has 1 aromatic heterocycles. The number of aromatic nitrogens is 2. The smallest absolute Gasteiger partial charge is 0.0824 e. The van der Waals surface area contributed by atoms with Crippen molar-refractivity contribution in [3.05, 3.63) is 28.9 Å². The van der Waals surface area contributed by atoms with E-state index in [4.69, 9.17) is 0 Å². The van der Waals surface area contributed by atoms with Crippen LogP contribution in [0, 0.1) is 0 Å². The molecule has 2 aromatic rings. The first-order chi connectivity index (χ1) is 5.29. The molecular formula is C7H4Br2N2. The van der Waals surface area contributed by atoms with E-state index in [2.05, 4.69) is 37.2 Å². The number of hydrogen-bond acceptors (Lipinski definition) is 1. The fourth-order valence-corrected chi connectivity index (χ4v) is 1.84. The van der Waals surface area contributed by atoms with Gasteiger partial charge in [0.2, 0.25) is 0 Å². The molecule has 0 saturated heterocycles. The molecular weight excluding hydrogens is 272 g/mol. The minimum Gasteiger partial charge on any atom is -0.197 e. The molecule has 2 nitrogen and oxygen atoms in total. The molecule has 2 rings (SSSR count). The summed E-state index contributed by atoms with van der Waals surface area (Å²) in [5, 5.41) is 5.18. The van der Waals surface area contributed by atoms with E-state index in [1.807, 2.05) is 24.4 Å². The number of nitrogens with zero attached hydrogens (tertiary/aromatic N) is 2. The first kappa shape index (κ1) is 7.31. The quantitative estimate of drug-likeness (QED) is 0.723. The van der Waals surface area contributed by atoms with Crippen molar-refractivity contribution in [3.63, 3.8) is 0 Å². The Morgan fingerprint density at radius 1 is 1.36 bits per heavy atom. The fourth-order valence-electron chi connectivity index (χ4n) is 0.985. The van der Waals surface area contributed by atoms with Crippen LogP contribution in [0.5, 0.6) is 0 Å². The van der Waals surface area contributed by atoms with Gasteiger partial charge in [0, 0.05) is 9.86 Å². The van der Waals surface area contributed by atoms with Crippen LogP contribution in [-0.2, 0) is 0 Å². The van der Waals surface area contributed by atoms with Crippen LogP contribution < -0.4 is 0 Å². The highest BCUT2D eigenvalue weighted by Crippen LogP contribution is 2.23. The monoisotopic (exact) mass is 274 g/mol. The van der Waals surface area contributed by atoms with Gasteiger partial charge in [-0.1, -0.05) is 22.0 Å². The highest BCUT2D eigenvalue weighted by atomic mass is 79.9. The number of benzene rings is 1. The van der Waals surface area contributed by atoms with Crippen molar-refractivity contribution >= 4 is 43.0 Å². The Morgan fingerprint density at radius 2 is 2.18 bits per heavy atom. The summed E-state index contributed by atoms with van der Waals surface area (Å²) in [6.45, 7) is 0. The molecule has 0 unspecified atom stereocenters. The first-order valence-electron chi connectivity index (χ1n) is 3.07. The second kappa shape index (κ2) is 2.60. The molecule has 0 aliphatic carbocycles. The van der Waals surface area contributed by atoms with Crippen LogP contribution in [-0.4, -0.2) is 8.81 Å². The molecule has 0 saturated carbocycles. The number of rotatable bonds is 0. The maximum Gasteiger partial charge on any atom is 0.0824 e. The number of hydrogen-bond donors (Lipinski definition) is 0. The van der Waals surface area contributed by atoms with Gasteiger partial charge in [-0.3, -0.25) is 0 Å². The molecule has 0 aliphatic rings. The second-order valence-electron chi connectivity index (χ2n) is 2.18. The Labute approximate surface area is 80.7 Å². The molecule has 56 valence electrons. The largest absolute Gasteiger partial charge is 0.197 e. The summed E-state index contributed by atoms with van der Waals surface area (Å²) in [7, 11) is 0. The van der Waals surface area contributed by atoms with Crippen LogP contribution in [0.3, 0.4) is 0 Å². The SMILES string of the molecule is Brc1cccc2c1cnn2Br. The molecule has 0 aliphatic heterocycles. The summed E-state index contributed by atoms with van der Waals surface area (Å²) >= 11 is 6.72. The molecule has 1 heterocycles. The fraction of sp³-hybridized carbons (Fsp3) is 0. The molecule has 0 atom stereocenters. The third-order valence-electron chi connectivity index (χ3n) is 1.52. The van der Waals surface area contributed by atoms with Crippen molar-refractivity contribution in [1.82, 2.24) is 8.81 Å². The van der Waals surface area contributed by atoms with Crippen molar-refractivity contribution in [2.45, 2.75) is 0 Å². The van der Waals surface area contributed by atoms with Crippen molar-refractivity contribution in [2.75, 3.05) is 0 Å². The predicted molar refractivity (Wildman–Crippen MR) is 51.8 cm³/mol. The Morgan fingerprint density at radius 3 is 2.91 bits per heavy atom. The zero-order chi connectivity index (χ0) is 7.84. The molecule has 0 N–H and O–H groups in total. The third kappa shape index (κ3) is 1.10. The van der Waals surface area contributed by atoms with Gasteiger partial charge in [0.15, 0.2) is 0 Å². The lowest BCUT2D eigenvalue weighted by Gasteiger charge is -1.92. The standard InChI is InChI=1S/C7H4Br2N2/c8-6-2-1-3-7-5(6)4-10-11(7)9/h1-4H. The van der Waals surface area contributed by atoms with Crippen molar-refractivity contribution in [2.24, 2.45) is 0 Å². The van der Waals surface area contributed by atoms with E-state index < -0.39 is 0 Å². The van der Waals surface area contributed by atoms with Gasteiger partial charge in [-0.15, -0.1) is 0 Å². The Kier molecular flexibility index (Phi) is 1.73. The minimum atomic E-state index is 1.07. The summed E-state index contributed by atoms with van der Waals surface area (Å²) in [6, 6.07) is 5.98. The maximum absolute atomic E-state index is 4.06. The second-order valence-corrected chi connectivity index (χ2v) is 3.70. The highest BCUT2D eigenvalue weighted by molar-refractivity contribution is 9.10. The normalized spacial score (nSPS) is 10.7. The van der Waals surface area contributed by atoms with Crippen molar-refractivity contribution in [3.8, 4) is 0 Å². The first-order valence-corrected chi connectivity index (χ1v) is 4.57. The maximum atomic E-state index is 4.06. The topological polar surface area (TPSA) is 17.8 Å².